The van der Waals surface area contributed by atoms with Crippen molar-refractivity contribution >= 4 is 28.5 Å². The number of nitrogens with one attached hydrogen (secondary N) is 3. The highest BCUT2D eigenvalue weighted by molar-refractivity contribution is 6.04. The molecule has 1 aliphatic carbocycles. The average Bonchev–Trinajstić information content (AvgIpc) is 3.09. The van der Waals surface area contributed by atoms with Gasteiger partial charge < -0.3 is 20.2 Å². The van der Waals surface area contributed by atoms with Crippen LogP contribution < -0.4 is 16.2 Å². The smallest absolute Gasteiger partial charge is 0.257 e. The van der Waals surface area contributed by atoms with Crippen molar-refractivity contribution in [2.75, 3.05) is 5.32 Å². The number of benzene rings is 1. The summed E-state index contributed by atoms with van der Waals surface area (Å²) in [5.41, 5.74) is 2.25. The third-order valence-electron chi connectivity index (χ3n) is 5.39. The van der Waals surface area contributed by atoms with E-state index in [1.165, 1.54) is 29.3 Å². The normalized spacial score (nSPS) is 14.6. The molecule has 2 aromatic heterocycles. The summed E-state index contributed by atoms with van der Waals surface area (Å²) in [6.45, 7) is 1.77. The number of aromatic amines is 1. The van der Waals surface area contributed by atoms with Crippen LogP contribution >= 0.6 is 0 Å². The van der Waals surface area contributed by atoms with Gasteiger partial charge in [-0.15, -0.1) is 0 Å². The largest absolute Gasteiger partial charge is 0.352 e. The average molecular weight is 407 g/mol. The number of anilines is 1. The van der Waals surface area contributed by atoms with Crippen LogP contribution in [0.15, 0.2) is 41.3 Å². The third-order valence-corrected chi connectivity index (χ3v) is 5.39. The predicted molar refractivity (Wildman–Crippen MR) is 115 cm³/mol. The number of carbonyl (C=O) groups excluding carboxylic acids is 2. The molecule has 8 nitrogen and oxygen atoms in total. The van der Waals surface area contributed by atoms with Gasteiger partial charge in [-0.2, -0.15) is 0 Å². The van der Waals surface area contributed by atoms with Gasteiger partial charge in [0.05, 0.1) is 16.6 Å². The van der Waals surface area contributed by atoms with E-state index in [1.807, 2.05) is 13.0 Å². The van der Waals surface area contributed by atoms with Crippen LogP contribution in [-0.4, -0.2) is 32.4 Å². The molecule has 0 aliphatic heterocycles. The molecule has 3 aromatic rings. The van der Waals surface area contributed by atoms with E-state index in [2.05, 4.69) is 20.6 Å². The monoisotopic (exact) mass is 407 g/mol. The van der Waals surface area contributed by atoms with E-state index >= 15 is 0 Å². The molecule has 1 aliphatic rings. The lowest BCUT2D eigenvalue weighted by Gasteiger charge is -2.22. The van der Waals surface area contributed by atoms with E-state index in [0.717, 1.165) is 42.5 Å². The zero-order chi connectivity index (χ0) is 21.1. The first-order valence-electron chi connectivity index (χ1n) is 10.3. The molecular formula is C22H25N5O3. The Bertz CT molecular complexity index is 1140. The first kappa shape index (κ1) is 19.9. The van der Waals surface area contributed by atoms with E-state index in [9.17, 15) is 14.4 Å². The van der Waals surface area contributed by atoms with Crippen molar-refractivity contribution in [2.24, 2.45) is 0 Å². The highest BCUT2D eigenvalue weighted by Gasteiger charge is 2.17. The van der Waals surface area contributed by atoms with E-state index in [1.54, 1.807) is 12.1 Å². The fraction of sp³-hybridized carbons (Fsp3) is 0.364. The predicted octanol–water partition coefficient (Wildman–Crippen LogP) is 2.73. The number of hydrogen-bond donors (Lipinski definition) is 3. The number of H-pyrrole nitrogens is 1. The van der Waals surface area contributed by atoms with Gasteiger partial charge in [0.25, 0.3) is 11.5 Å². The second-order valence-corrected chi connectivity index (χ2v) is 7.79. The molecule has 0 spiro atoms. The van der Waals surface area contributed by atoms with Gasteiger partial charge in [-0.3, -0.25) is 14.4 Å². The molecule has 2 heterocycles. The Morgan fingerprint density at radius 3 is 2.77 bits per heavy atom. The van der Waals surface area contributed by atoms with E-state index < -0.39 is 0 Å². The molecule has 1 aromatic carbocycles. The number of amides is 2. The van der Waals surface area contributed by atoms with Crippen molar-refractivity contribution < 1.29 is 9.59 Å². The van der Waals surface area contributed by atoms with Gasteiger partial charge in [0.15, 0.2) is 0 Å². The number of hydrogen-bond acceptors (Lipinski definition) is 4. The summed E-state index contributed by atoms with van der Waals surface area (Å²) in [5.74, 6) is 0.237. The number of nitrogens with zero attached hydrogens (tertiary/aromatic N) is 2. The lowest BCUT2D eigenvalue weighted by Crippen LogP contribution is -2.39. The Labute approximate surface area is 173 Å². The van der Waals surface area contributed by atoms with Crippen LogP contribution in [0.5, 0.6) is 0 Å². The highest BCUT2D eigenvalue weighted by Crippen LogP contribution is 2.18. The molecule has 4 rings (SSSR count). The summed E-state index contributed by atoms with van der Waals surface area (Å²) in [5, 5.41) is 5.82. The number of rotatable bonds is 5. The molecule has 3 N–H and O–H groups in total. The minimum Gasteiger partial charge on any atom is -0.352 e. The Hall–Kier alpha value is -3.42. The van der Waals surface area contributed by atoms with Crippen LogP contribution in [0.2, 0.25) is 0 Å². The minimum absolute atomic E-state index is 0.101. The minimum atomic E-state index is -0.355. The summed E-state index contributed by atoms with van der Waals surface area (Å²) < 4.78 is 1.27. The fourth-order valence-corrected chi connectivity index (χ4v) is 3.88. The van der Waals surface area contributed by atoms with Crippen molar-refractivity contribution in [2.45, 2.75) is 51.6 Å². The Kier molecular flexibility index (Phi) is 5.65. The number of aryl methyl sites for hydroxylation is 1. The van der Waals surface area contributed by atoms with E-state index in [0.29, 0.717) is 11.3 Å². The Morgan fingerprint density at radius 1 is 1.17 bits per heavy atom. The number of aromatic nitrogens is 3. The van der Waals surface area contributed by atoms with Gasteiger partial charge >= 0.3 is 0 Å². The first-order chi connectivity index (χ1) is 14.5. The number of fused-ring (bicyclic) bond motifs is 1. The van der Waals surface area contributed by atoms with Crippen LogP contribution in [0, 0.1) is 6.92 Å². The molecule has 1 saturated carbocycles. The maximum Gasteiger partial charge on any atom is 0.257 e. The van der Waals surface area contributed by atoms with Crippen molar-refractivity contribution in [3.63, 3.8) is 0 Å². The van der Waals surface area contributed by atoms with Gasteiger partial charge in [0.2, 0.25) is 5.91 Å². The number of carbonyl (C=O) groups is 2. The van der Waals surface area contributed by atoms with Gasteiger partial charge in [0, 0.05) is 24.0 Å². The van der Waals surface area contributed by atoms with Crippen molar-refractivity contribution in [1.29, 1.82) is 0 Å². The zero-order valence-corrected chi connectivity index (χ0v) is 16.9. The van der Waals surface area contributed by atoms with Crippen LogP contribution in [0.4, 0.5) is 5.69 Å². The Balaban J connectivity index is 1.45. The van der Waals surface area contributed by atoms with Crippen molar-refractivity contribution in [1.82, 2.24) is 19.9 Å². The molecule has 1 fully saturated rings. The molecule has 0 saturated heterocycles. The molecular weight excluding hydrogens is 382 g/mol. The van der Waals surface area contributed by atoms with Gasteiger partial charge in [-0.25, -0.2) is 4.98 Å². The van der Waals surface area contributed by atoms with E-state index in [-0.39, 0.29) is 30.0 Å². The lowest BCUT2D eigenvalue weighted by molar-refractivity contribution is -0.122. The molecule has 0 unspecified atom stereocenters. The molecule has 0 radical (unpaired) electrons. The van der Waals surface area contributed by atoms with Crippen LogP contribution in [0.25, 0.3) is 11.0 Å². The third kappa shape index (κ3) is 4.59. The molecule has 30 heavy (non-hydrogen) atoms. The maximum atomic E-state index is 12.7. The number of imidazole rings is 1. The fourth-order valence-electron chi connectivity index (χ4n) is 3.88. The number of pyridine rings is 1. The quantitative estimate of drug-likeness (QED) is 0.604. The van der Waals surface area contributed by atoms with Crippen molar-refractivity contribution in [3.05, 3.63) is 58.3 Å². The van der Waals surface area contributed by atoms with Crippen LogP contribution in [0.3, 0.4) is 0 Å². The summed E-state index contributed by atoms with van der Waals surface area (Å²) >= 11 is 0. The second kappa shape index (κ2) is 8.52. The highest BCUT2D eigenvalue weighted by atomic mass is 16.2. The molecule has 156 valence electrons. The maximum absolute atomic E-state index is 12.7. The SMILES string of the molecule is Cc1nc2ccc(NC(=O)c3ccc(=O)n(CC(=O)NC4CCCCC4)c3)cc2[nH]1. The molecule has 8 heteroatoms. The van der Waals surface area contributed by atoms with Gasteiger partial charge in [-0.05, 0) is 44.0 Å². The van der Waals surface area contributed by atoms with Crippen molar-refractivity contribution in [3.8, 4) is 0 Å². The lowest BCUT2D eigenvalue weighted by atomic mass is 9.95. The zero-order valence-electron chi connectivity index (χ0n) is 16.9. The summed E-state index contributed by atoms with van der Waals surface area (Å²) in [6.07, 6.45) is 6.81. The standard InChI is InChI=1S/C22H25N5O3/c1-14-23-18-9-8-17(11-19(18)24-14)26-22(30)15-7-10-21(29)27(12-15)13-20(28)25-16-5-3-2-4-6-16/h7-12,16H,2-6,13H2,1H3,(H,23,24)(H,25,28)(H,26,30). The first-order valence-corrected chi connectivity index (χ1v) is 10.3. The van der Waals surface area contributed by atoms with Gasteiger partial charge in [-0.1, -0.05) is 19.3 Å². The second-order valence-electron chi connectivity index (χ2n) is 7.79. The van der Waals surface area contributed by atoms with E-state index in [4.69, 9.17) is 0 Å². The summed E-state index contributed by atoms with van der Waals surface area (Å²) in [6, 6.07) is 8.35. The summed E-state index contributed by atoms with van der Waals surface area (Å²) in [4.78, 5) is 44.7. The van der Waals surface area contributed by atoms with Crippen LogP contribution in [-0.2, 0) is 11.3 Å². The summed E-state index contributed by atoms with van der Waals surface area (Å²) in [7, 11) is 0. The topological polar surface area (TPSA) is 109 Å². The molecule has 0 atom stereocenters. The molecule has 2 amide bonds. The van der Waals surface area contributed by atoms with Crippen LogP contribution in [0.1, 0.15) is 48.3 Å². The van der Waals surface area contributed by atoms with Gasteiger partial charge in [0.1, 0.15) is 12.4 Å². The molecule has 0 bridgehead atoms. The Morgan fingerprint density at radius 2 is 1.97 bits per heavy atom.